The molecule has 0 spiro atoms. The topological polar surface area (TPSA) is 79.3 Å². The summed E-state index contributed by atoms with van der Waals surface area (Å²) < 4.78 is 26.6. The number of likely N-dealkylation sites (tertiary alicyclic amines) is 1. The fraction of sp³-hybridized carbons (Fsp3) is 0.423. The summed E-state index contributed by atoms with van der Waals surface area (Å²) in [6, 6.07) is 11.5. The highest BCUT2D eigenvalue weighted by Gasteiger charge is 2.32. The van der Waals surface area contributed by atoms with Crippen LogP contribution in [0.4, 0.5) is 8.78 Å². The maximum Gasteiger partial charge on any atom is 0.251 e. The summed E-state index contributed by atoms with van der Waals surface area (Å²) in [5.41, 5.74) is 2.91. The molecule has 2 N–H and O–H groups in total. The molecule has 9 heteroatoms. The van der Waals surface area contributed by atoms with E-state index in [9.17, 15) is 18.4 Å². The molecule has 0 radical (unpaired) electrons. The van der Waals surface area contributed by atoms with E-state index in [1.165, 1.54) is 0 Å². The molecule has 2 fully saturated rings. The van der Waals surface area contributed by atoms with Gasteiger partial charge in [-0.1, -0.05) is 0 Å². The Bertz CT molecular complexity index is 1150. The van der Waals surface area contributed by atoms with E-state index >= 15 is 0 Å². The first-order valence-corrected chi connectivity index (χ1v) is 12.0. The molecule has 1 aromatic carbocycles. The van der Waals surface area contributed by atoms with Gasteiger partial charge < -0.3 is 20.1 Å². The number of carbonyl (C=O) groups excluding carboxylic acids is 2. The van der Waals surface area contributed by atoms with Gasteiger partial charge in [-0.05, 0) is 69.4 Å². The quantitative estimate of drug-likeness (QED) is 0.554. The molecule has 2 aliphatic heterocycles. The maximum absolute atomic E-state index is 12.4. The average Bonchev–Trinajstić information content (AvgIpc) is 3.30. The van der Waals surface area contributed by atoms with Crippen LogP contribution in [0.2, 0.25) is 0 Å². The second-order valence-electron chi connectivity index (χ2n) is 9.19. The first-order chi connectivity index (χ1) is 16.8. The van der Waals surface area contributed by atoms with Crippen molar-refractivity contribution >= 4 is 23.2 Å². The first kappa shape index (κ1) is 24.9. The number of amides is 1. The normalized spacial score (nSPS) is 18.5. The number of aromatic nitrogens is 2. The molecular formula is C26H31F2N5O2. The lowest BCUT2D eigenvalue weighted by Crippen LogP contribution is -2.42. The summed E-state index contributed by atoms with van der Waals surface area (Å²) in [4.78, 5) is 29.6. The van der Waals surface area contributed by atoms with Gasteiger partial charge in [-0.25, -0.2) is 13.8 Å². The van der Waals surface area contributed by atoms with Crippen LogP contribution >= 0.6 is 0 Å². The van der Waals surface area contributed by atoms with E-state index in [1.54, 1.807) is 6.20 Å². The SMILES string of the molecule is CN1CCC(F)(F)CC1.O=Cc1cnc2c(ccn2-c2ccc(C(=O)NC3CCNCC3)cc2)c1. The van der Waals surface area contributed by atoms with Crippen LogP contribution in [-0.4, -0.2) is 71.8 Å². The Morgan fingerprint density at radius 1 is 1.14 bits per heavy atom. The molecule has 3 aromatic rings. The van der Waals surface area contributed by atoms with E-state index in [-0.39, 0.29) is 24.8 Å². The second kappa shape index (κ2) is 11.0. The molecule has 0 aliphatic carbocycles. The minimum absolute atomic E-state index is 0.0312. The predicted octanol–water partition coefficient (Wildman–Crippen LogP) is 3.67. The van der Waals surface area contributed by atoms with Crippen LogP contribution in [0, 0.1) is 0 Å². The van der Waals surface area contributed by atoms with Gasteiger partial charge in [0, 0.05) is 66.6 Å². The molecule has 1 amide bonds. The minimum Gasteiger partial charge on any atom is -0.349 e. The molecule has 186 valence electrons. The highest BCUT2D eigenvalue weighted by Crippen LogP contribution is 2.26. The zero-order valence-corrected chi connectivity index (χ0v) is 19.8. The first-order valence-electron chi connectivity index (χ1n) is 12.0. The van der Waals surface area contributed by atoms with Crippen molar-refractivity contribution in [2.24, 2.45) is 0 Å². The number of benzene rings is 1. The lowest BCUT2D eigenvalue weighted by molar-refractivity contribution is -0.0504. The van der Waals surface area contributed by atoms with Gasteiger partial charge in [-0.2, -0.15) is 0 Å². The number of fused-ring (bicyclic) bond motifs is 1. The molecule has 0 saturated carbocycles. The molecule has 35 heavy (non-hydrogen) atoms. The number of nitrogens with one attached hydrogen (secondary N) is 2. The van der Waals surface area contributed by atoms with E-state index < -0.39 is 5.92 Å². The van der Waals surface area contributed by atoms with Gasteiger partial charge in [0.25, 0.3) is 11.8 Å². The Balaban J connectivity index is 0.000000271. The molecule has 7 nitrogen and oxygen atoms in total. The molecule has 0 bridgehead atoms. The Morgan fingerprint density at radius 3 is 2.46 bits per heavy atom. The van der Waals surface area contributed by atoms with Gasteiger partial charge in [0.15, 0.2) is 6.29 Å². The molecule has 2 aromatic heterocycles. The van der Waals surface area contributed by atoms with E-state index in [1.807, 2.05) is 59.1 Å². The summed E-state index contributed by atoms with van der Waals surface area (Å²) >= 11 is 0. The van der Waals surface area contributed by atoms with Gasteiger partial charge in [0.05, 0.1) is 0 Å². The van der Waals surface area contributed by atoms with E-state index in [0.29, 0.717) is 24.2 Å². The molecule has 4 heterocycles. The highest BCUT2D eigenvalue weighted by molar-refractivity contribution is 5.94. The summed E-state index contributed by atoms with van der Waals surface area (Å²) in [7, 11) is 1.87. The lowest BCUT2D eigenvalue weighted by atomic mass is 10.1. The second-order valence-corrected chi connectivity index (χ2v) is 9.19. The van der Waals surface area contributed by atoms with Gasteiger partial charge in [-0.3, -0.25) is 9.59 Å². The Labute approximate surface area is 203 Å². The number of carbonyl (C=O) groups is 2. The summed E-state index contributed by atoms with van der Waals surface area (Å²) in [6.07, 6.45) is 6.26. The number of hydrogen-bond acceptors (Lipinski definition) is 5. The van der Waals surface area contributed by atoms with Crippen molar-refractivity contribution in [3.63, 3.8) is 0 Å². The summed E-state index contributed by atoms with van der Waals surface area (Å²) in [5, 5.41) is 7.30. The van der Waals surface area contributed by atoms with Crippen LogP contribution in [-0.2, 0) is 0 Å². The molecule has 5 rings (SSSR count). The Morgan fingerprint density at radius 2 is 1.83 bits per heavy atom. The third-order valence-corrected chi connectivity index (χ3v) is 6.48. The molecule has 0 unspecified atom stereocenters. The molecule has 2 aliphatic rings. The van der Waals surface area contributed by atoms with Crippen LogP contribution in [0.15, 0.2) is 48.8 Å². The highest BCUT2D eigenvalue weighted by atomic mass is 19.3. The monoisotopic (exact) mass is 483 g/mol. The summed E-state index contributed by atoms with van der Waals surface area (Å²) in [6.45, 7) is 2.97. The van der Waals surface area contributed by atoms with Gasteiger partial charge in [0.1, 0.15) is 5.65 Å². The van der Waals surface area contributed by atoms with Crippen molar-refractivity contribution in [3.8, 4) is 5.69 Å². The van der Waals surface area contributed by atoms with E-state index in [0.717, 1.165) is 48.9 Å². The van der Waals surface area contributed by atoms with Crippen molar-refractivity contribution in [2.45, 2.75) is 37.6 Å². The number of piperidine rings is 2. The van der Waals surface area contributed by atoms with Crippen molar-refractivity contribution < 1.29 is 18.4 Å². The van der Waals surface area contributed by atoms with E-state index in [2.05, 4.69) is 15.6 Å². The molecule has 2 saturated heterocycles. The number of alkyl halides is 2. The molecular weight excluding hydrogens is 452 g/mol. The van der Waals surface area contributed by atoms with Crippen LogP contribution in [0.1, 0.15) is 46.4 Å². The standard InChI is InChI=1S/C20H20N4O2.C6H11F2N/c25-13-14-11-16-7-10-24(19(16)22-12-14)18-3-1-15(2-4-18)20(26)23-17-5-8-21-9-6-17;1-9-4-2-6(7,8)3-5-9/h1-4,7,10-13,17,21H,5-6,8-9H2,(H,23,26);2-5H2,1H3. The van der Waals surface area contributed by atoms with Gasteiger partial charge in [0.2, 0.25) is 0 Å². The molecule has 0 atom stereocenters. The van der Waals surface area contributed by atoms with Crippen molar-refractivity contribution in [2.75, 3.05) is 33.2 Å². The minimum atomic E-state index is -2.38. The lowest BCUT2D eigenvalue weighted by Gasteiger charge is -2.28. The van der Waals surface area contributed by atoms with Crippen LogP contribution in [0.25, 0.3) is 16.7 Å². The number of pyridine rings is 1. The number of rotatable bonds is 4. The van der Waals surface area contributed by atoms with Crippen LogP contribution in [0.5, 0.6) is 0 Å². The smallest absolute Gasteiger partial charge is 0.251 e. The van der Waals surface area contributed by atoms with Gasteiger partial charge in [-0.15, -0.1) is 0 Å². The predicted molar refractivity (Wildman–Crippen MR) is 131 cm³/mol. The number of halogens is 2. The number of hydrogen-bond donors (Lipinski definition) is 2. The number of aldehydes is 1. The Hall–Kier alpha value is -3.17. The van der Waals surface area contributed by atoms with Crippen molar-refractivity contribution in [1.82, 2.24) is 25.1 Å². The van der Waals surface area contributed by atoms with Crippen LogP contribution in [0.3, 0.4) is 0 Å². The maximum atomic E-state index is 12.4. The third-order valence-electron chi connectivity index (χ3n) is 6.48. The zero-order valence-electron chi connectivity index (χ0n) is 19.8. The van der Waals surface area contributed by atoms with E-state index in [4.69, 9.17) is 0 Å². The van der Waals surface area contributed by atoms with Gasteiger partial charge >= 0.3 is 0 Å². The largest absolute Gasteiger partial charge is 0.349 e. The average molecular weight is 484 g/mol. The fourth-order valence-corrected chi connectivity index (χ4v) is 4.27. The summed E-state index contributed by atoms with van der Waals surface area (Å²) in [5.74, 6) is -2.42. The Kier molecular flexibility index (Phi) is 7.87. The van der Waals surface area contributed by atoms with Crippen molar-refractivity contribution in [3.05, 3.63) is 59.9 Å². The zero-order chi connectivity index (χ0) is 24.8. The van der Waals surface area contributed by atoms with Crippen molar-refractivity contribution in [1.29, 1.82) is 0 Å². The number of nitrogens with zero attached hydrogens (tertiary/aromatic N) is 3. The van der Waals surface area contributed by atoms with Crippen LogP contribution < -0.4 is 10.6 Å². The fourth-order valence-electron chi connectivity index (χ4n) is 4.27. The third kappa shape index (κ3) is 6.49.